The van der Waals surface area contributed by atoms with Crippen LogP contribution >= 0.6 is 0 Å². The lowest BCUT2D eigenvalue weighted by Gasteiger charge is -2.27. The zero-order valence-corrected chi connectivity index (χ0v) is 11.6. The summed E-state index contributed by atoms with van der Waals surface area (Å²) in [5, 5.41) is 5.95. The lowest BCUT2D eigenvalue weighted by atomic mass is 10.0. The van der Waals surface area contributed by atoms with Crippen molar-refractivity contribution in [3.63, 3.8) is 0 Å². The van der Waals surface area contributed by atoms with E-state index >= 15 is 0 Å². The molecule has 1 atom stereocenters. The van der Waals surface area contributed by atoms with E-state index in [2.05, 4.69) is 40.6 Å². The normalized spacial score (nSPS) is 17.0. The van der Waals surface area contributed by atoms with Crippen molar-refractivity contribution in [2.75, 3.05) is 11.9 Å². The predicted octanol–water partition coefficient (Wildman–Crippen LogP) is 4.17. The van der Waals surface area contributed by atoms with Crippen LogP contribution in [0, 0.1) is 0 Å². The van der Waals surface area contributed by atoms with Gasteiger partial charge in [0.25, 0.3) is 0 Å². The molecule has 0 bridgehead atoms. The molecule has 3 aromatic rings. The molecule has 104 valence electrons. The molecule has 1 unspecified atom stereocenters. The number of nitrogens with zero attached hydrogens (tertiary/aromatic N) is 1. The standard InChI is InChI=1S/C18H16N2O/c1-2-6-14-13(5-1)9-11-19-18(14)20-16-10-12-21-17-8-4-3-7-15(16)17/h1-9,11,16H,10,12H2,(H,19,20). The average molecular weight is 276 g/mol. The lowest BCUT2D eigenvalue weighted by Crippen LogP contribution is -2.20. The Kier molecular flexibility index (Phi) is 2.96. The maximum Gasteiger partial charge on any atom is 0.134 e. The van der Waals surface area contributed by atoms with Gasteiger partial charge in [0.2, 0.25) is 0 Å². The highest BCUT2D eigenvalue weighted by Crippen LogP contribution is 2.34. The predicted molar refractivity (Wildman–Crippen MR) is 84.7 cm³/mol. The van der Waals surface area contributed by atoms with E-state index in [9.17, 15) is 0 Å². The Balaban J connectivity index is 1.73. The van der Waals surface area contributed by atoms with E-state index in [0.29, 0.717) is 0 Å². The molecule has 0 amide bonds. The van der Waals surface area contributed by atoms with Crippen LogP contribution in [0.4, 0.5) is 5.82 Å². The van der Waals surface area contributed by atoms with E-state index in [1.807, 2.05) is 30.5 Å². The molecule has 0 fully saturated rings. The number of aromatic nitrogens is 1. The van der Waals surface area contributed by atoms with Gasteiger partial charge in [-0.2, -0.15) is 0 Å². The number of benzene rings is 2. The third kappa shape index (κ3) is 2.21. The van der Waals surface area contributed by atoms with Gasteiger partial charge in [0.15, 0.2) is 0 Å². The Morgan fingerprint density at radius 1 is 1.00 bits per heavy atom. The first-order valence-electron chi connectivity index (χ1n) is 7.24. The Bertz CT molecular complexity index is 780. The maximum atomic E-state index is 5.72. The zero-order chi connectivity index (χ0) is 14.1. The molecule has 0 saturated heterocycles. The van der Waals surface area contributed by atoms with E-state index in [0.717, 1.165) is 30.0 Å². The number of fused-ring (bicyclic) bond motifs is 2. The fraction of sp³-hybridized carbons (Fsp3) is 0.167. The lowest BCUT2D eigenvalue weighted by molar-refractivity contribution is 0.274. The minimum atomic E-state index is 0.244. The smallest absolute Gasteiger partial charge is 0.134 e. The monoisotopic (exact) mass is 276 g/mol. The van der Waals surface area contributed by atoms with Crippen LogP contribution in [0.5, 0.6) is 5.75 Å². The van der Waals surface area contributed by atoms with Crippen LogP contribution in [0.25, 0.3) is 10.8 Å². The largest absolute Gasteiger partial charge is 0.493 e. The van der Waals surface area contributed by atoms with Crippen LogP contribution in [0.15, 0.2) is 60.8 Å². The molecule has 1 aliphatic rings. The van der Waals surface area contributed by atoms with Crippen LogP contribution < -0.4 is 10.1 Å². The van der Waals surface area contributed by atoms with Crippen molar-refractivity contribution in [1.29, 1.82) is 0 Å². The van der Waals surface area contributed by atoms with Crippen molar-refractivity contribution >= 4 is 16.6 Å². The van der Waals surface area contributed by atoms with E-state index in [1.54, 1.807) is 0 Å². The molecule has 1 aromatic heterocycles. The molecule has 1 N–H and O–H groups in total. The SMILES string of the molecule is c1ccc2c(c1)OCCC2Nc1nccc2ccccc12. The van der Waals surface area contributed by atoms with Gasteiger partial charge in [-0.3, -0.25) is 0 Å². The second kappa shape index (κ2) is 5.09. The number of rotatable bonds is 2. The number of pyridine rings is 1. The number of anilines is 1. The zero-order valence-electron chi connectivity index (χ0n) is 11.6. The second-order valence-electron chi connectivity index (χ2n) is 5.25. The molecule has 2 heterocycles. The van der Waals surface area contributed by atoms with E-state index in [4.69, 9.17) is 4.74 Å². The van der Waals surface area contributed by atoms with Crippen LogP contribution in [-0.2, 0) is 0 Å². The summed E-state index contributed by atoms with van der Waals surface area (Å²) in [6.07, 6.45) is 2.80. The highest BCUT2D eigenvalue weighted by molar-refractivity contribution is 5.91. The van der Waals surface area contributed by atoms with Gasteiger partial charge in [-0.1, -0.05) is 42.5 Å². The van der Waals surface area contributed by atoms with Crippen LogP contribution in [0.3, 0.4) is 0 Å². The van der Waals surface area contributed by atoms with Gasteiger partial charge >= 0.3 is 0 Å². The Morgan fingerprint density at radius 3 is 2.86 bits per heavy atom. The van der Waals surface area contributed by atoms with Crippen molar-refractivity contribution in [2.24, 2.45) is 0 Å². The minimum absolute atomic E-state index is 0.244. The third-order valence-electron chi connectivity index (χ3n) is 3.94. The number of ether oxygens (including phenoxy) is 1. The summed E-state index contributed by atoms with van der Waals surface area (Å²) in [7, 11) is 0. The summed E-state index contributed by atoms with van der Waals surface area (Å²) in [6.45, 7) is 0.736. The van der Waals surface area contributed by atoms with E-state index in [-0.39, 0.29) is 6.04 Å². The molecule has 2 aromatic carbocycles. The molecule has 1 aliphatic heterocycles. The van der Waals surface area contributed by atoms with Gasteiger partial charge in [0.05, 0.1) is 12.6 Å². The molecule has 3 nitrogen and oxygen atoms in total. The van der Waals surface area contributed by atoms with Crippen LogP contribution in [0.1, 0.15) is 18.0 Å². The van der Waals surface area contributed by atoms with Gasteiger partial charge in [-0.05, 0) is 17.5 Å². The van der Waals surface area contributed by atoms with Crippen LogP contribution in [0.2, 0.25) is 0 Å². The average Bonchev–Trinajstić information content (AvgIpc) is 2.56. The topological polar surface area (TPSA) is 34.1 Å². The van der Waals surface area contributed by atoms with Gasteiger partial charge in [0.1, 0.15) is 11.6 Å². The number of hydrogen-bond acceptors (Lipinski definition) is 3. The Hall–Kier alpha value is -2.55. The quantitative estimate of drug-likeness (QED) is 0.762. The van der Waals surface area contributed by atoms with E-state index in [1.165, 1.54) is 10.9 Å². The third-order valence-corrected chi connectivity index (χ3v) is 3.94. The first-order chi connectivity index (χ1) is 10.4. The Labute approximate surface area is 123 Å². The Morgan fingerprint density at radius 2 is 1.86 bits per heavy atom. The molecule has 0 spiro atoms. The van der Waals surface area contributed by atoms with Crippen molar-refractivity contribution in [2.45, 2.75) is 12.5 Å². The summed E-state index contributed by atoms with van der Waals surface area (Å²) in [5.74, 6) is 1.91. The molecular formula is C18H16N2O. The summed E-state index contributed by atoms with van der Waals surface area (Å²) in [5.41, 5.74) is 1.21. The van der Waals surface area contributed by atoms with Gasteiger partial charge in [-0.15, -0.1) is 0 Å². The molecule has 0 saturated carbocycles. The molecule has 0 aliphatic carbocycles. The van der Waals surface area contributed by atoms with Crippen molar-refractivity contribution in [3.05, 3.63) is 66.4 Å². The van der Waals surface area contributed by atoms with Crippen LogP contribution in [-0.4, -0.2) is 11.6 Å². The summed E-state index contributed by atoms with van der Waals surface area (Å²) in [6, 6.07) is 18.8. The van der Waals surface area contributed by atoms with Crippen molar-refractivity contribution < 1.29 is 4.74 Å². The fourth-order valence-corrected chi connectivity index (χ4v) is 2.89. The van der Waals surface area contributed by atoms with Gasteiger partial charge < -0.3 is 10.1 Å². The fourth-order valence-electron chi connectivity index (χ4n) is 2.89. The first-order valence-corrected chi connectivity index (χ1v) is 7.24. The minimum Gasteiger partial charge on any atom is -0.493 e. The number of nitrogens with one attached hydrogen (secondary N) is 1. The van der Waals surface area contributed by atoms with Crippen molar-refractivity contribution in [3.8, 4) is 5.75 Å². The molecule has 4 rings (SSSR count). The first kappa shape index (κ1) is 12.2. The highest BCUT2D eigenvalue weighted by atomic mass is 16.5. The number of para-hydroxylation sites is 1. The summed E-state index contributed by atoms with van der Waals surface area (Å²) < 4.78 is 5.72. The highest BCUT2D eigenvalue weighted by Gasteiger charge is 2.21. The summed E-state index contributed by atoms with van der Waals surface area (Å²) >= 11 is 0. The maximum absolute atomic E-state index is 5.72. The molecule has 21 heavy (non-hydrogen) atoms. The van der Waals surface area contributed by atoms with E-state index < -0.39 is 0 Å². The van der Waals surface area contributed by atoms with Gasteiger partial charge in [-0.25, -0.2) is 4.98 Å². The van der Waals surface area contributed by atoms with Crippen molar-refractivity contribution in [1.82, 2.24) is 4.98 Å². The molecule has 0 radical (unpaired) electrons. The molecular weight excluding hydrogens is 260 g/mol. The summed E-state index contributed by atoms with van der Waals surface area (Å²) in [4.78, 5) is 4.52. The van der Waals surface area contributed by atoms with Gasteiger partial charge in [0, 0.05) is 23.6 Å². The molecule has 3 heteroatoms. The number of hydrogen-bond donors (Lipinski definition) is 1. The second-order valence-corrected chi connectivity index (χ2v) is 5.25.